The third-order valence-electron chi connectivity index (χ3n) is 5.07. The van der Waals surface area contributed by atoms with E-state index in [9.17, 15) is 9.59 Å². The number of rotatable bonds is 2. The van der Waals surface area contributed by atoms with E-state index in [4.69, 9.17) is 11.6 Å². The summed E-state index contributed by atoms with van der Waals surface area (Å²) in [7, 11) is 0. The first kappa shape index (κ1) is 17.3. The van der Waals surface area contributed by atoms with Gasteiger partial charge in [-0.1, -0.05) is 24.4 Å². The standard InChI is InChI=1S/C19H25ClN2O2/c20-17-9-7-15(8-10-17)18(23)22-13-5-6-16(14-22)19(24)21-11-3-1-2-4-12-21/h7-10,16H,1-6,11-14H2. The van der Waals surface area contributed by atoms with Gasteiger partial charge in [0.25, 0.3) is 5.91 Å². The van der Waals surface area contributed by atoms with Crippen LogP contribution in [-0.4, -0.2) is 47.8 Å². The van der Waals surface area contributed by atoms with Gasteiger partial charge < -0.3 is 9.80 Å². The quantitative estimate of drug-likeness (QED) is 0.819. The van der Waals surface area contributed by atoms with Crippen molar-refractivity contribution < 1.29 is 9.59 Å². The molecule has 130 valence electrons. The molecule has 1 unspecified atom stereocenters. The van der Waals surface area contributed by atoms with Crippen LogP contribution in [0.15, 0.2) is 24.3 Å². The van der Waals surface area contributed by atoms with E-state index in [0.29, 0.717) is 17.1 Å². The van der Waals surface area contributed by atoms with Crippen LogP contribution in [0, 0.1) is 5.92 Å². The van der Waals surface area contributed by atoms with E-state index in [0.717, 1.165) is 45.3 Å². The van der Waals surface area contributed by atoms with Crippen LogP contribution >= 0.6 is 11.6 Å². The number of carbonyl (C=O) groups is 2. The number of hydrogen-bond acceptors (Lipinski definition) is 2. The van der Waals surface area contributed by atoms with Gasteiger partial charge in [0.15, 0.2) is 0 Å². The molecule has 0 saturated carbocycles. The van der Waals surface area contributed by atoms with Crippen LogP contribution in [0.2, 0.25) is 5.02 Å². The highest BCUT2D eigenvalue weighted by atomic mass is 35.5. The number of likely N-dealkylation sites (tertiary alicyclic amines) is 2. The highest BCUT2D eigenvalue weighted by molar-refractivity contribution is 6.30. The molecule has 0 aliphatic carbocycles. The Hall–Kier alpha value is -1.55. The first-order valence-corrected chi connectivity index (χ1v) is 9.36. The maximum atomic E-state index is 12.8. The molecule has 2 aliphatic heterocycles. The molecule has 2 heterocycles. The van der Waals surface area contributed by atoms with E-state index in [1.807, 2.05) is 9.80 Å². The Labute approximate surface area is 148 Å². The van der Waals surface area contributed by atoms with Crippen molar-refractivity contribution in [1.82, 2.24) is 9.80 Å². The molecule has 3 rings (SSSR count). The SMILES string of the molecule is O=C(c1ccc(Cl)cc1)N1CCCC(C(=O)N2CCCCCC2)C1. The van der Waals surface area contributed by atoms with Crippen molar-refractivity contribution in [2.24, 2.45) is 5.92 Å². The fourth-order valence-corrected chi connectivity index (χ4v) is 3.81. The zero-order chi connectivity index (χ0) is 16.9. The summed E-state index contributed by atoms with van der Waals surface area (Å²) >= 11 is 5.89. The molecule has 1 aromatic carbocycles. The minimum Gasteiger partial charge on any atom is -0.342 e. The summed E-state index contributed by atoms with van der Waals surface area (Å²) in [6, 6.07) is 6.98. The van der Waals surface area contributed by atoms with Crippen molar-refractivity contribution in [3.8, 4) is 0 Å². The number of benzene rings is 1. The summed E-state index contributed by atoms with van der Waals surface area (Å²) in [4.78, 5) is 29.3. The lowest BCUT2D eigenvalue weighted by Crippen LogP contribution is -2.47. The van der Waals surface area contributed by atoms with E-state index < -0.39 is 0 Å². The van der Waals surface area contributed by atoms with Crippen LogP contribution in [0.5, 0.6) is 0 Å². The molecule has 4 nitrogen and oxygen atoms in total. The third kappa shape index (κ3) is 4.10. The topological polar surface area (TPSA) is 40.6 Å². The van der Waals surface area contributed by atoms with Crippen molar-refractivity contribution in [3.05, 3.63) is 34.9 Å². The van der Waals surface area contributed by atoms with Crippen LogP contribution in [0.1, 0.15) is 48.9 Å². The van der Waals surface area contributed by atoms with Crippen LogP contribution < -0.4 is 0 Å². The zero-order valence-electron chi connectivity index (χ0n) is 14.0. The van der Waals surface area contributed by atoms with Gasteiger partial charge in [0, 0.05) is 36.8 Å². The molecular weight excluding hydrogens is 324 g/mol. The number of hydrogen-bond donors (Lipinski definition) is 0. The van der Waals surface area contributed by atoms with Crippen molar-refractivity contribution in [1.29, 1.82) is 0 Å². The lowest BCUT2D eigenvalue weighted by Gasteiger charge is -2.35. The predicted octanol–water partition coefficient (Wildman–Crippen LogP) is 3.59. The Morgan fingerprint density at radius 2 is 1.50 bits per heavy atom. The number of carbonyl (C=O) groups excluding carboxylic acids is 2. The van der Waals surface area contributed by atoms with E-state index in [-0.39, 0.29) is 17.7 Å². The van der Waals surface area contributed by atoms with E-state index >= 15 is 0 Å². The Bertz CT molecular complexity index is 580. The predicted molar refractivity (Wildman–Crippen MR) is 95.1 cm³/mol. The molecule has 0 bridgehead atoms. The number of nitrogens with zero attached hydrogens (tertiary/aromatic N) is 2. The molecule has 0 aromatic heterocycles. The van der Waals surface area contributed by atoms with Gasteiger partial charge in [0.05, 0.1) is 5.92 Å². The number of piperidine rings is 1. The highest BCUT2D eigenvalue weighted by Crippen LogP contribution is 2.23. The average Bonchev–Trinajstić information content (AvgIpc) is 2.90. The first-order valence-electron chi connectivity index (χ1n) is 8.99. The summed E-state index contributed by atoms with van der Waals surface area (Å²) in [6.45, 7) is 3.02. The minimum absolute atomic E-state index is 0.0000306. The summed E-state index contributed by atoms with van der Waals surface area (Å²) in [5, 5.41) is 0.624. The Balaban J connectivity index is 1.64. The Morgan fingerprint density at radius 3 is 2.17 bits per heavy atom. The van der Waals surface area contributed by atoms with Gasteiger partial charge in [-0.3, -0.25) is 9.59 Å². The molecule has 2 amide bonds. The highest BCUT2D eigenvalue weighted by Gasteiger charge is 2.31. The molecule has 2 aliphatic rings. The maximum absolute atomic E-state index is 12.8. The van der Waals surface area contributed by atoms with Crippen LogP contribution in [0.4, 0.5) is 0 Å². The van der Waals surface area contributed by atoms with Crippen LogP contribution in [0.25, 0.3) is 0 Å². The molecule has 1 aromatic rings. The summed E-state index contributed by atoms with van der Waals surface area (Å²) < 4.78 is 0. The second-order valence-corrected chi connectivity index (χ2v) is 7.27. The average molecular weight is 349 g/mol. The minimum atomic E-state index is -0.0481. The van der Waals surface area contributed by atoms with Crippen molar-refractivity contribution in [3.63, 3.8) is 0 Å². The van der Waals surface area contributed by atoms with Crippen LogP contribution in [0.3, 0.4) is 0 Å². The van der Waals surface area contributed by atoms with Gasteiger partial charge in [-0.05, 0) is 49.9 Å². The van der Waals surface area contributed by atoms with Gasteiger partial charge in [-0.25, -0.2) is 0 Å². The third-order valence-corrected chi connectivity index (χ3v) is 5.32. The van der Waals surface area contributed by atoms with Gasteiger partial charge in [-0.15, -0.1) is 0 Å². The molecule has 24 heavy (non-hydrogen) atoms. The van der Waals surface area contributed by atoms with Crippen molar-refractivity contribution in [2.45, 2.75) is 38.5 Å². The molecule has 5 heteroatoms. The van der Waals surface area contributed by atoms with Gasteiger partial charge >= 0.3 is 0 Å². The van der Waals surface area contributed by atoms with E-state index in [2.05, 4.69) is 0 Å². The normalized spacial score (nSPS) is 22.1. The van der Waals surface area contributed by atoms with E-state index in [1.54, 1.807) is 24.3 Å². The maximum Gasteiger partial charge on any atom is 0.253 e. The summed E-state index contributed by atoms with van der Waals surface area (Å²) in [6.07, 6.45) is 6.42. The number of halogens is 1. The molecule has 2 fully saturated rings. The molecule has 0 N–H and O–H groups in total. The second kappa shape index (κ2) is 8.02. The van der Waals surface area contributed by atoms with Crippen molar-refractivity contribution in [2.75, 3.05) is 26.2 Å². The largest absolute Gasteiger partial charge is 0.342 e. The lowest BCUT2D eigenvalue weighted by atomic mass is 9.95. The van der Waals surface area contributed by atoms with Gasteiger partial charge in [0.2, 0.25) is 5.91 Å². The fourth-order valence-electron chi connectivity index (χ4n) is 3.69. The summed E-state index contributed by atoms with van der Waals surface area (Å²) in [5.74, 6) is 0.193. The van der Waals surface area contributed by atoms with Crippen LogP contribution in [-0.2, 0) is 4.79 Å². The van der Waals surface area contributed by atoms with Gasteiger partial charge in [0.1, 0.15) is 0 Å². The monoisotopic (exact) mass is 348 g/mol. The molecule has 2 saturated heterocycles. The number of amides is 2. The van der Waals surface area contributed by atoms with Crippen molar-refractivity contribution >= 4 is 23.4 Å². The molecule has 1 atom stereocenters. The lowest BCUT2D eigenvalue weighted by molar-refractivity contribution is -0.136. The Morgan fingerprint density at radius 1 is 0.875 bits per heavy atom. The molecular formula is C19H25ClN2O2. The smallest absolute Gasteiger partial charge is 0.253 e. The first-order chi connectivity index (χ1) is 11.6. The Kier molecular flexibility index (Phi) is 5.77. The summed E-state index contributed by atoms with van der Waals surface area (Å²) in [5.41, 5.74) is 0.641. The fraction of sp³-hybridized carbons (Fsp3) is 0.579. The van der Waals surface area contributed by atoms with Gasteiger partial charge in [-0.2, -0.15) is 0 Å². The second-order valence-electron chi connectivity index (χ2n) is 6.84. The molecule has 0 spiro atoms. The van der Waals surface area contributed by atoms with E-state index in [1.165, 1.54) is 12.8 Å². The molecule has 0 radical (unpaired) electrons. The zero-order valence-corrected chi connectivity index (χ0v) is 14.8.